The summed E-state index contributed by atoms with van der Waals surface area (Å²) in [6.45, 7) is 1.37. The van der Waals surface area contributed by atoms with Crippen LogP contribution >= 0.6 is 45.2 Å². The summed E-state index contributed by atoms with van der Waals surface area (Å²) in [5.74, 6) is 0. The van der Waals surface area contributed by atoms with Crippen LogP contribution in [0.25, 0.3) is 22.5 Å². The average Bonchev–Trinajstić information content (AvgIpc) is 3.37. The first-order chi connectivity index (χ1) is 16.1. The molecule has 7 nitrogen and oxygen atoms in total. The Morgan fingerprint density at radius 1 is 0.697 bits per heavy atom. The van der Waals surface area contributed by atoms with Crippen molar-refractivity contribution in [3.63, 3.8) is 0 Å². The van der Waals surface area contributed by atoms with Crippen molar-refractivity contribution in [1.29, 1.82) is 0 Å². The van der Waals surface area contributed by atoms with E-state index in [0.717, 1.165) is 29.9 Å². The van der Waals surface area contributed by atoms with Gasteiger partial charge in [-0.25, -0.2) is 13.9 Å². The van der Waals surface area contributed by atoms with Gasteiger partial charge in [0.25, 0.3) is 0 Å². The summed E-state index contributed by atoms with van der Waals surface area (Å²) in [4.78, 5) is 0. The normalized spacial score (nSPS) is 11.1. The van der Waals surface area contributed by atoms with E-state index in [4.69, 9.17) is 0 Å². The summed E-state index contributed by atoms with van der Waals surface area (Å²) in [6.07, 6.45) is 4.12. The molecule has 2 aromatic carbocycles. The minimum atomic E-state index is 0.684. The van der Waals surface area contributed by atoms with Crippen LogP contribution in [0.5, 0.6) is 0 Å². The van der Waals surface area contributed by atoms with Gasteiger partial charge in [-0.15, -0.1) is 10.2 Å². The van der Waals surface area contributed by atoms with Gasteiger partial charge in [0.15, 0.2) is 12.4 Å². The van der Waals surface area contributed by atoms with Crippen LogP contribution in [0.3, 0.4) is 0 Å². The zero-order valence-electron chi connectivity index (χ0n) is 17.8. The molecule has 0 fully saturated rings. The van der Waals surface area contributed by atoms with Crippen molar-refractivity contribution in [3.05, 3.63) is 97.7 Å². The topological polar surface area (TPSA) is 65.3 Å². The second-order valence-corrected chi connectivity index (χ2v) is 9.77. The van der Waals surface area contributed by atoms with E-state index in [-0.39, 0.29) is 0 Å². The molecule has 3 aromatic heterocycles. The summed E-state index contributed by atoms with van der Waals surface area (Å²) in [7, 11) is 2.01. The third kappa shape index (κ3) is 4.83. The molecule has 5 aromatic rings. The molecule has 0 aliphatic carbocycles. The molecule has 0 aliphatic rings. The van der Waals surface area contributed by atoms with Crippen LogP contribution in [-0.4, -0.2) is 30.0 Å². The Hall–Kier alpha value is -2.67. The van der Waals surface area contributed by atoms with E-state index in [1.165, 1.54) is 11.1 Å². The lowest BCUT2D eigenvalue weighted by Gasteiger charge is -2.04. The van der Waals surface area contributed by atoms with Crippen molar-refractivity contribution in [2.24, 2.45) is 7.05 Å². The van der Waals surface area contributed by atoms with Gasteiger partial charge in [-0.1, -0.05) is 71.1 Å². The molecule has 0 saturated heterocycles. The van der Waals surface area contributed by atoms with E-state index in [1.807, 2.05) is 57.4 Å². The Balaban J connectivity index is 1.46. The van der Waals surface area contributed by atoms with E-state index in [2.05, 4.69) is 109 Å². The third-order valence-corrected chi connectivity index (χ3v) is 7.38. The van der Waals surface area contributed by atoms with Gasteiger partial charge < -0.3 is 0 Å². The molecule has 0 saturated carbocycles. The van der Waals surface area contributed by atoms with Crippen LogP contribution in [0.15, 0.2) is 79.1 Å². The van der Waals surface area contributed by atoms with Gasteiger partial charge in [0.1, 0.15) is 25.8 Å². The highest BCUT2D eigenvalue weighted by Gasteiger charge is 2.20. The number of benzene rings is 2. The first kappa shape index (κ1) is 22.1. The smallest absolute Gasteiger partial charge is 0.178 e. The molecule has 0 amide bonds. The van der Waals surface area contributed by atoms with Crippen molar-refractivity contribution in [3.8, 4) is 22.5 Å². The van der Waals surface area contributed by atoms with Gasteiger partial charge in [-0.3, -0.25) is 0 Å². The number of hydrogen-bond acceptors (Lipinski definition) is 4. The van der Waals surface area contributed by atoms with Crippen LogP contribution in [0.2, 0.25) is 0 Å². The molecule has 5 rings (SSSR count). The van der Waals surface area contributed by atoms with Crippen molar-refractivity contribution in [2.75, 3.05) is 0 Å². The number of aryl methyl sites for hydroxylation is 1. The fourth-order valence-electron chi connectivity index (χ4n) is 3.65. The predicted molar refractivity (Wildman–Crippen MR) is 142 cm³/mol. The second kappa shape index (κ2) is 9.67. The average molecular weight is 660 g/mol. The molecule has 164 valence electrons. The number of pyridine rings is 1. The third-order valence-electron chi connectivity index (χ3n) is 5.24. The van der Waals surface area contributed by atoms with Crippen LogP contribution in [0.4, 0.5) is 0 Å². The number of rotatable bonds is 6. The Morgan fingerprint density at radius 3 is 1.55 bits per heavy atom. The van der Waals surface area contributed by atoms with Crippen LogP contribution < -0.4 is 4.57 Å². The van der Waals surface area contributed by atoms with Gasteiger partial charge in [-0.05, 0) is 62.4 Å². The van der Waals surface area contributed by atoms with E-state index in [0.29, 0.717) is 13.1 Å². The van der Waals surface area contributed by atoms with Crippen LogP contribution in [0, 0.1) is 7.40 Å². The molecule has 3 heterocycles. The predicted octanol–water partition coefficient (Wildman–Crippen LogP) is 4.33. The molecule has 0 spiro atoms. The zero-order chi connectivity index (χ0) is 22.8. The van der Waals surface area contributed by atoms with E-state index >= 15 is 0 Å². The Morgan fingerprint density at radius 2 is 1.12 bits per heavy atom. The molecule has 0 unspecified atom stereocenters. The standard InChI is InChI=1S/C24H20I2N7/c1-31-15-19(21-23(25)32(29-27-21)13-17-8-4-2-5-9-17)12-20(16-31)22-24(26)33(30-28-22)14-18-10-6-3-7-11-18/h2-12,15-16H,13-14H2,1H3/q+1. The monoisotopic (exact) mass is 660 g/mol. The quantitative estimate of drug-likeness (QED) is 0.201. The minimum Gasteiger partial charge on any atom is -0.234 e. The summed E-state index contributed by atoms with van der Waals surface area (Å²) in [5.41, 5.74) is 6.08. The van der Waals surface area contributed by atoms with Gasteiger partial charge in [0.05, 0.1) is 24.2 Å². The van der Waals surface area contributed by atoms with Crippen molar-refractivity contribution in [2.45, 2.75) is 13.1 Å². The molecular formula is C24H20I2N7+. The summed E-state index contributed by atoms with van der Waals surface area (Å²) < 4.78 is 7.88. The Kier molecular flexibility index (Phi) is 6.49. The lowest BCUT2D eigenvalue weighted by Crippen LogP contribution is -2.27. The molecule has 0 atom stereocenters. The van der Waals surface area contributed by atoms with E-state index in [9.17, 15) is 0 Å². The fourth-order valence-corrected chi connectivity index (χ4v) is 5.02. The van der Waals surface area contributed by atoms with Crippen molar-refractivity contribution in [1.82, 2.24) is 30.0 Å². The number of aromatic nitrogens is 7. The highest BCUT2D eigenvalue weighted by molar-refractivity contribution is 14.1. The summed E-state index contributed by atoms with van der Waals surface area (Å²) in [5, 5.41) is 17.8. The highest BCUT2D eigenvalue weighted by atomic mass is 127. The molecule has 33 heavy (non-hydrogen) atoms. The van der Waals surface area contributed by atoms with Gasteiger partial charge >= 0.3 is 0 Å². The largest absolute Gasteiger partial charge is 0.234 e. The van der Waals surface area contributed by atoms with Gasteiger partial charge in [-0.2, -0.15) is 0 Å². The summed E-state index contributed by atoms with van der Waals surface area (Å²) in [6, 6.07) is 22.7. The summed E-state index contributed by atoms with van der Waals surface area (Å²) >= 11 is 4.65. The van der Waals surface area contributed by atoms with Crippen LogP contribution in [-0.2, 0) is 20.1 Å². The SMILES string of the molecule is C[n+]1cc(-c2nnn(Cc3ccccc3)c2I)cc(-c2nnn(Cc3ccccc3)c2I)c1. The molecule has 0 aliphatic heterocycles. The van der Waals surface area contributed by atoms with Crippen molar-refractivity contribution >= 4 is 45.2 Å². The molecule has 9 heteroatoms. The highest BCUT2D eigenvalue weighted by Crippen LogP contribution is 2.28. The van der Waals surface area contributed by atoms with Gasteiger partial charge in [0.2, 0.25) is 0 Å². The lowest BCUT2D eigenvalue weighted by atomic mass is 10.1. The molecular weight excluding hydrogens is 640 g/mol. The Labute approximate surface area is 218 Å². The first-order valence-corrected chi connectivity index (χ1v) is 12.5. The zero-order valence-corrected chi connectivity index (χ0v) is 22.1. The number of halogens is 2. The Bertz CT molecular complexity index is 1290. The first-order valence-electron chi connectivity index (χ1n) is 10.4. The molecule has 0 N–H and O–H groups in total. The lowest BCUT2D eigenvalue weighted by molar-refractivity contribution is -0.670. The maximum absolute atomic E-state index is 4.49. The maximum atomic E-state index is 4.49. The number of hydrogen-bond donors (Lipinski definition) is 0. The van der Waals surface area contributed by atoms with Gasteiger partial charge in [0, 0.05) is 0 Å². The number of nitrogens with zero attached hydrogens (tertiary/aromatic N) is 7. The van der Waals surface area contributed by atoms with Crippen molar-refractivity contribution < 1.29 is 4.57 Å². The molecule has 0 radical (unpaired) electrons. The van der Waals surface area contributed by atoms with E-state index < -0.39 is 0 Å². The second-order valence-electron chi connectivity index (χ2n) is 7.72. The minimum absolute atomic E-state index is 0.684. The maximum Gasteiger partial charge on any atom is 0.178 e. The fraction of sp³-hybridized carbons (Fsp3) is 0.125. The van der Waals surface area contributed by atoms with Crippen LogP contribution in [0.1, 0.15) is 11.1 Å². The molecule has 0 bridgehead atoms. The van der Waals surface area contributed by atoms with E-state index in [1.54, 1.807) is 0 Å².